The lowest BCUT2D eigenvalue weighted by atomic mass is 10.1. The molecule has 0 spiro atoms. The molecule has 1 N–H and O–H groups in total. The molecule has 0 aliphatic rings. The van der Waals surface area contributed by atoms with E-state index in [1.54, 1.807) is 13.2 Å². The Labute approximate surface area is 111 Å². The van der Waals surface area contributed by atoms with Crippen LogP contribution in [-0.4, -0.2) is 26.3 Å². The number of rotatable bonds is 7. The Balaban J connectivity index is 2.52. The van der Waals surface area contributed by atoms with E-state index < -0.39 is 0 Å². The highest BCUT2D eigenvalue weighted by Gasteiger charge is 2.07. The molecule has 17 heavy (non-hydrogen) atoms. The van der Waals surface area contributed by atoms with Crippen LogP contribution in [0.25, 0.3) is 0 Å². The van der Waals surface area contributed by atoms with Crippen molar-refractivity contribution in [2.75, 3.05) is 20.3 Å². The van der Waals surface area contributed by atoms with Crippen LogP contribution in [0.2, 0.25) is 0 Å². The number of aryl methyl sites for hydroxylation is 1. The first-order valence-electron chi connectivity index (χ1n) is 5.83. The van der Waals surface area contributed by atoms with Crippen molar-refractivity contribution in [1.29, 1.82) is 0 Å². The van der Waals surface area contributed by atoms with Crippen molar-refractivity contribution in [2.24, 2.45) is 0 Å². The van der Waals surface area contributed by atoms with E-state index in [0.717, 1.165) is 29.4 Å². The minimum absolute atomic E-state index is 0.193. The second kappa shape index (κ2) is 7.80. The molecule has 0 aromatic heterocycles. The Bertz CT molecular complexity index is 320. The van der Waals surface area contributed by atoms with Crippen LogP contribution in [0.5, 0.6) is 0 Å². The number of methoxy groups -OCH3 is 1. The van der Waals surface area contributed by atoms with Gasteiger partial charge in [-0.2, -0.15) is 0 Å². The lowest BCUT2D eigenvalue weighted by molar-refractivity contribution is 0.163. The van der Waals surface area contributed by atoms with E-state index in [4.69, 9.17) is 4.74 Å². The summed E-state index contributed by atoms with van der Waals surface area (Å²) in [6, 6.07) is 5.34. The zero-order valence-corrected chi connectivity index (χ0v) is 11.9. The van der Waals surface area contributed by atoms with E-state index in [9.17, 15) is 4.39 Å². The van der Waals surface area contributed by atoms with Gasteiger partial charge in [0.1, 0.15) is 5.82 Å². The zero-order chi connectivity index (χ0) is 12.7. The molecular formula is C13H19BrFNO. The van der Waals surface area contributed by atoms with E-state index in [0.29, 0.717) is 12.6 Å². The smallest absolute Gasteiger partial charge is 0.124 e. The van der Waals surface area contributed by atoms with Crippen molar-refractivity contribution in [3.63, 3.8) is 0 Å². The summed E-state index contributed by atoms with van der Waals surface area (Å²) < 4.78 is 19.1. The molecule has 1 aromatic rings. The van der Waals surface area contributed by atoms with Gasteiger partial charge in [-0.15, -0.1) is 0 Å². The van der Waals surface area contributed by atoms with Crippen molar-refractivity contribution in [3.05, 3.63) is 34.1 Å². The maximum Gasteiger partial charge on any atom is 0.124 e. The normalized spacial score (nSPS) is 12.7. The maximum atomic E-state index is 13.2. The standard InChI is InChI=1S/C13H19BrFNO/c1-3-16-13(9-17-2)5-4-10-6-11(14)8-12(15)7-10/h6-8,13,16H,3-5,9H2,1-2H3. The van der Waals surface area contributed by atoms with Crippen molar-refractivity contribution < 1.29 is 9.13 Å². The quantitative estimate of drug-likeness (QED) is 0.835. The lowest BCUT2D eigenvalue weighted by Gasteiger charge is -2.16. The highest BCUT2D eigenvalue weighted by atomic mass is 79.9. The van der Waals surface area contributed by atoms with Gasteiger partial charge in [0.15, 0.2) is 0 Å². The molecule has 0 bridgehead atoms. The highest BCUT2D eigenvalue weighted by Crippen LogP contribution is 2.16. The van der Waals surface area contributed by atoms with Crippen LogP contribution in [0.4, 0.5) is 4.39 Å². The molecule has 1 atom stereocenters. The molecule has 0 saturated heterocycles. The summed E-state index contributed by atoms with van der Waals surface area (Å²) in [7, 11) is 1.70. The van der Waals surface area contributed by atoms with Crippen LogP contribution in [-0.2, 0) is 11.2 Å². The van der Waals surface area contributed by atoms with E-state index in [2.05, 4.69) is 28.2 Å². The minimum Gasteiger partial charge on any atom is -0.383 e. The fourth-order valence-corrected chi connectivity index (χ4v) is 2.34. The predicted octanol–water partition coefficient (Wildman–Crippen LogP) is 3.15. The highest BCUT2D eigenvalue weighted by molar-refractivity contribution is 9.10. The monoisotopic (exact) mass is 303 g/mol. The number of likely N-dealkylation sites (N-methyl/N-ethyl adjacent to an activating group) is 1. The van der Waals surface area contributed by atoms with Gasteiger partial charge in [-0.05, 0) is 43.1 Å². The van der Waals surface area contributed by atoms with Gasteiger partial charge in [0.05, 0.1) is 6.61 Å². The molecule has 0 fully saturated rings. The van der Waals surface area contributed by atoms with Gasteiger partial charge < -0.3 is 10.1 Å². The molecule has 0 aliphatic heterocycles. The van der Waals surface area contributed by atoms with E-state index in [1.165, 1.54) is 6.07 Å². The molecule has 0 radical (unpaired) electrons. The van der Waals surface area contributed by atoms with E-state index in [-0.39, 0.29) is 5.82 Å². The summed E-state index contributed by atoms with van der Waals surface area (Å²) >= 11 is 3.30. The number of halogens is 2. The molecular weight excluding hydrogens is 285 g/mol. The molecule has 1 rings (SSSR count). The number of benzene rings is 1. The second-order valence-electron chi connectivity index (χ2n) is 4.03. The van der Waals surface area contributed by atoms with E-state index >= 15 is 0 Å². The molecule has 0 amide bonds. The summed E-state index contributed by atoms with van der Waals surface area (Å²) in [6.07, 6.45) is 1.79. The number of hydrogen-bond donors (Lipinski definition) is 1. The van der Waals surface area contributed by atoms with Gasteiger partial charge in [0.25, 0.3) is 0 Å². The van der Waals surface area contributed by atoms with Crippen LogP contribution in [0.1, 0.15) is 18.9 Å². The van der Waals surface area contributed by atoms with Crippen molar-refractivity contribution in [1.82, 2.24) is 5.32 Å². The Morgan fingerprint density at radius 1 is 1.41 bits per heavy atom. The van der Waals surface area contributed by atoms with Gasteiger partial charge >= 0.3 is 0 Å². The number of nitrogens with one attached hydrogen (secondary N) is 1. The maximum absolute atomic E-state index is 13.2. The summed E-state index contributed by atoms with van der Waals surface area (Å²) in [5.41, 5.74) is 1.01. The Morgan fingerprint density at radius 3 is 2.76 bits per heavy atom. The number of hydrogen-bond acceptors (Lipinski definition) is 2. The summed E-state index contributed by atoms with van der Waals surface area (Å²) in [6.45, 7) is 3.67. The molecule has 0 heterocycles. The molecule has 4 heteroatoms. The van der Waals surface area contributed by atoms with Crippen LogP contribution in [0, 0.1) is 5.82 Å². The Hall–Kier alpha value is -0.450. The first-order valence-corrected chi connectivity index (χ1v) is 6.62. The molecule has 2 nitrogen and oxygen atoms in total. The second-order valence-corrected chi connectivity index (χ2v) is 4.94. The predicted molar refractivity (Wildman–Crippen MR) is 71.8 cm³/mol. The summed E-state index contributed by atoms with van der Waals surface area (Å²) in [4.78, 5) is 0. The fourth-order valence-electron chi connectivity index (χ4n) is 1.83. The summed E-state index contributed by atoms with van der Waals surface area (Å²) in [5, 5.41) is 3.35. The number of ether oxygens (including phenoxy) is 1. The van der Waals surface area contributed by atoms with Gasteiger partial charge in [-0.3, -0.25) is 0 Å². The third-order valence-corrected chi connectivity index (χ3v) is 3.02. The molecule has 1 aromatic carbocycles. The average molecular weight is 304 g/mol. The SMILES string of the molecule is CCNC(CCc1cc(F)cc(Br)c1)COC. The van der Waals surface area contributed by atoms with E-state index in [1.807, 2.05) is 6.07 Å². The van der Waals surface area contributed by atoms with Crippen molar-refractivity contribution >= 4 is 15.9 Å². The fraction of sp³-hybridized carbons (Fsp3) is 0.538. The first-order chi connectivity index (χ1) is 8.15. The van der Waals surface area contributed by atoms with Gasteiger partial charge in [0, 0.05) is 17.6 Å². The van der Waals surface area contributed by atoms with Gasteiger partial charge in [-0.1, -0.05) is 22.9 Å². The van der Waals surface area contributed by atoms with Crippen LogP contribution < -0.4 is 5.32 Å². The van der Waals surface area contributed by atoms with Crippen LogP contribution in [0.15, 0.2) is 22.7 Å². The average Bonchev–Trinajstić information content (AvgIpc) is 2.25. The lowest BCUT2D eigenvalue weighted by Crippen LogP contribution is -2.33. The third kappa shape index (κ3) is 5.61. The molecule has 1 unspecified atom stereocenters. The zero-order valence-electron chi connectivity index (χ0n) is 10.3. The Morgan fingerprint density at radius 2 is 2.18 bits per heavy atom. The molecule has 0 saturated carbocycles. The molecule has 0 aliphatic carbocycles. The minimum atomic E-state index is -0.193. The topological polar surface area (TPSA) is 21.3 Å². The largest absolute Gasteiger partial charge is 0.383 e. The van der Waals surface area contributed by atoms with Crippen LogP contribution >= 0.6 is 15.9 Å². The van der Waals surface area contributed by atoms with Crippen molar-refractivity contribution in [2.45, 2.75) is 25.8 Å². The first kappa shape index (κ1) is 14.6. The third-order valence-electron chi connectivity index (χ3n) is 2.56. The van der Waals surface area contributed by atoms with Gasteiger partial charge in [-0.25, -0.2) is 4.39 Å². The van der Waals surface area contributed by atoms with Crippen LogP contribution in [0.3, 0.4) is 0 Å². The van der Waals surface area contributed by atoms with Crippen molar-refractivity contribution in [3.8, 4) is 0 Å². The molecule has 96 valence electrons. The van der Waals surface area contributed by atoms with Gasteiger partial charge in [0.2, 0.25) is 0 Å². The Kier molecular flexibility index (Phi) is 6.70. The summed E-state index contributed by atoms with van der Waals surface area (Å²) in [5.74, 6) is -0.193.